The number of fused-ring (bicyclic) bond motifs is 1. The van der Waals surface area contributed by atoms with Crippen LogP contribution in [0.2, 0.25) is 0 Å². The van der Waals surface area contributed by atoms with E-state index in [1.807, 2.05) is 0 Å². The fourth-order valence-corrected chi connectivity index (χ4v) is 4.66. The third-order valence-corrected chi connectivity index (χ3v) is 5.58. The molecule has 2 aliphatic carbocycles. The Labute approximate surface area is 83.1 Å². The molecule has 13 heavy (non-hydrogen) atoms. The first-order valence-corrected chi connectivity index (χ1v) is 6.00. The highest BCUT2D eigenvalue weighted by Crippen LogP contribution is 2.81. The molecule has 2 aliphatic rings. The summed E-state index contributed by atoms with van der Waals surface area (Å²) in [5.41, 5.74) is 1.50. The van der Waals surface area contributed by atoms with Crippen molar-refractivity contribution in [2.24, 2.45) is 28.6 Å². The summed E-state index contributed by atoms with van der Waals surface area (Å²) in [6.07, 6.45) is 4.45. The molecule has 0 heterocycles. The van der Waals surface area contributed by atoms with Gasteiger partial charge in [0, 0.05) is 0 Å². The van der Waals surface area contributed by atoms with Crippen molar-refractivity contribution in [3.05, 3.63) is 0 Å². The van der Waals surface area contributed by atoms with E-state index in [4.69, 9.17) is 0 Å². The van der Waals surface area contributed by atoms with Crippen LogP contribution in [0, 0.1) is 28.6 Å². The smallest absolute Gasteiger partial charge is 0.0184 e. The third-order valence-electron chi connectivity index (χ3n) is 5.58. The average molecular weight is 180 g/mol. The molecule has 0 nitrogen and oxygen atoms in total. The van der Waals surface area contributed by atoms with E-state index in [2.05, 4.69) is 34.6 Å². The zero-order valence-corrected chi connectivity index (χ0v) is 9.85. The van der Waals surface area contributed by atoms with Crippen LogP contribution in [0.3, 0.4) is 0 Å². The summed E-state index contributed by atoms with van der Waals surface area (Å²) >= 11 is 0. The third kappa shape index (κ3) is 0.877. The minimum Gasteiger partial charge on any atom is -0.0648 e. The summed E-state index contributed by atoms with van der Waals surface area (Å²) in [4.78, 5) is 0. The first-order valence-electron chi connectivity index (χ1n) is 6.00. The van der Waals surface area contributed by atoms with Gasteiger partial charge in [-0.15, -0.1) is 0 Å². The Morgan fingerprint density at radius 2 is 1.92 bits per heavy atom. The fourth-order valence-electron chi connectivity index (χ4n) is 4.66. The summed E-state index contributed by atoms with van der Waals surface area (Å²) in [5.74, 6) is 2.83. The van der Waals surface area contributed by atoms with Gasteiger partial charge in [-0.25, -0.2) is 0 Å². The topological polar surface area (TPSA) is 0 Å². The summed E-state index contributed by atoms with van der Waals surface area (Å²) in [6.45, 7) is 12.2. The van der Waals surface area contributed by atoms with E-state index in [0.29, 0.717) is 0 Å². The van der Waals surface area contributed by atoms with Crippen LogP contribution in [0.1, 0.15) is 53.9 Å². The van der Waals surface area contributed by atoms with Gasteiger partial charge in [0.15, 0.2) is 0 Å². The van der Waals surface area contributed by atoms with Gasteiger partial charge in [-0.3, -0.25) is 0 Å². The maximum atomic E-state index is 2.50. The van der Waals surface area contributed by atoms with Crippen LogP contribution < -0.4 is 0 Å². The van der Waals surface area contributed by atoms with Gasteiger partial charge in [-0.2, -0.15) is 0 Å². The molecule has 2 fully saturated rings. The standard InChI is InChI=1S/C13H24/c1-6-12-7-10(4)11(5)13(12,8-12)9(2)3/h9-11H,6-8H2,1-5H3. The maximum absolute atomic E-state index is 2.50. The van der Waals surface area contributed by atoms with E-state index in [1.54, 1.807) is 0 Å². The average Bonchev–Trinajstić information content (AvgIpc) is 2.69. The molecule has 4 atom stereocenters. The predicted molar refractivity (Wildman–Crippen MR) is 57.6 cm³/mol. The van der Waals surface area contributed by atoms with Crippen LogP contribution >= 0.6 is 0 Å². The Balaban J connectivity index is 2.29. The minimum atomic E-state index is 0.737. The van der Waals surface area contributed by atoms with Gasteiger partial charge in [-0.1, -0.05) is 34.6 Å². The van der Waals surface area contributed by atoms with E-state index >= 15 is 0 Å². The Bertz CT molecular complexity index is 218. The van der Waals surface area contributed by atoms with Crippen molar-refractivity contribution >= 4 is 0 Å². The van der Waals surface area contributed by atoms with Gasteiger partial charge in [0.2, 0.25) is 0 Å². The van der Waals surface area contributed by atoms with Crippen molar-refractivity contribution in [1.29, 1.82) is 0 Å². The van der Waals surface area contributed by atoms with Crippen molar-refractivity contribution in [1.82, 2.24) is 0 Å². The van der Waals surface area contributed by atoms with Crippen LogP contribution in [0.25, 0.3) is 0 Å². The van der Waals surface area contributed by atoms with Crippen LogP contribution in [0.5, 0.6) is 0 Å². The zero-order chi connectivity index (χ0) is 9.85. The van der Waals surface area contributed by atoms with Gasteiger partial charge in [0.05, 0.1) is 0 Å². The van der Waals surface area contributed by atoms with Crippen molar-refractivity contribution in [3.8, 4) is 0 Å². The van der Waals surface area contributed by atoms with Crippen LogP contribution in [-0.4, -0.2) is 0 Å². The number of hydrogen-bond donors (Lipinski definition) is 0. The highest BCUT2D eigenvalue weighted by atomic mass is 14.8. The number of hydrogen-bond acceptors (Lipinski definition) is 0. The zero-order valence-electron chi connectivity index (χ0n) is 9.85. The molecule has 4 unspecified atom stereocenters. The molecule has 2 saturated carbocycles. The van der Waals surface area contributed by atoms with Crippen molar-refractivity contribution in [2.45, 2.75) is 53.9 Å². The van der Waals surface area contributed by atoms with Crippen LogP contribution in [0.15, 0.2) is 0 Å². The molecule has 0 aromatic heterocycles. The molecule has 0 heteroatoms. The normalized spacial score (nSPS) is 54.0. The second-order valence-electron chi connectivity index (χ2n) is 5.98. The van der Waals surface area contributed by atoms with E-state index in [1.165, 1.54) is 19.3 Å². The van der Waals surface area contributed by atoms with Gasteiger partial charge in [0.1, 0.15) is 0 Å². The monoisotopic (exact) mass is 180 g/mol. The Morgan fingerprint density at radius 3 is 2.31 bits per heavy atom. The molecule has 2 rings (SSSR count). The van der Waals surface area contributed by atoms with Crippen LogP contribution in [0.4, 0.5) is 0 Å². The van der Waals surface area contributed by atoms with Crippen LogP contribution in [-0.2, 0) is 0 Å². The summed E-state index contributed by atoms with van der Waals surface area (Å²) in [6, 6.07) is 0. The van der Waals surface area contributed by atoms with Gasteiger partial charge < -0.3 is 0 Å². The van der Waals surface area contributed by atoms with E-state index in [9.17, 15) is 0 Å². The molecule has 0 aliphatic heterocycles. The molecule has 0 aromatic rings. The lowest BCUT2D eigenvalue weighted by atomic mass is 9.77. The quantitative estimate of drug-likeness (QED) is 0.600. The molecule has 0 aromatic carbocycles. The first kappa shape index (κ1) is 9.55. The lowest BCUT2D eigenvalue weighted by Gasteiger charge is -2.27. The SMILES string of the molecule is CCC12CC(C)C(C)C1(C(C)C)C2. The molecule has 0 N–H and O–H groups in total. The maximum Gasteiger partial charge on any atom is -0.0184 e. The van der Waals surface area contributed by atoms with E-state index < -0.39 is 0 Å². The second kappa shape index (κ2) is 2.52. The van der Waals surface area contributed by atoms with Gasteiger partial charge in [0.25, 0.3) is 0 Å². The fraction of sp³-hybridized carbons (Fsp3) is 1.00. The molecule has 0 saturated heterocycles. The van der Waals surface area contributed by atoms with Crippen molar-refractivity contribution in [2.75, 3.05) is 0 Å². The highest BCUT2D eigenvalue weighted by molar-refractivity contribution is 5.22. The molecular formula is C13H24. The molecule has 0 bridgehead atoms. The largest absolute Gasteiger partial charge is 0.0648 e. The summed E-state index contributed by atoms with van der Waals surface area (Å²) in [7, 11) is 0. The first-order chi connectivity index (χ1) is 6.00. The van der Waals surface area contributed by atoms with Crippen molar-refractivity contribution in [3.63, 3.8) is 0 Å². The minimum absolute atomic E-state index is 0.737. The van der Waals surface area contributed by atoms with E-state index in [-0.39, 0.29) is 0 Å². The molecule has 76 valence electrons. The predicted octanol–water partition coefficient (Wildman–Crippen LogP) is 4.10. The molecular weight excluding hydrogens is 156 g/mol. The molecule has 0 radical (unpaired) electrons. The molecule has 0 spiro atoms. The van der Waals surface area contributed by atoms with Gasteiger partial charge in [-0.05, 0) is 47.8 Å². The van der Waals surface area contributed by atoms with Gasteiger partial charge >= 0.3 is 0 Å². The van der Waals surface area contributed by atoms with E-state index in [0.717, 1.165) is 28.6 Å². The lowest BCUT2D eigenvalue weighted by Crippen LogP contribution is -2.22. The second-order valence-corrected chi connectivity index (χ2v) is 5.98. The Morgan fingerprint density at radius 1 is 1.31 bits per heavy atom. The highest BCUT2D eigenvalue weighted by Gasteiger charge is 2.73. The molecule has 0 amide bonds. The van der Waals surface area contributed by atoms with Crippen molar-refractivity contribution < 1.29 is 0 Å². The number of rotatable bonds is 2. The summed E-state index contributed by atoms with van der Waals surface area (Å²) < 4.78 is 0. The summed E-state index contributed by atoms with van der Waals surface area (Å²) in [5, 5.41) is 0. The Kier molecular flexibility index (Phi) is 1.85. The Hall–Kier alpha value is 0. The lowest BCUT2D eigenvalue weighted by molar-refractivity contribution is 0.204.